The maximum atomic E-state index is 12.9. The number of ether oxygens (including phenoxy) is 1. The van der Waals surface area contributed by atoms with Crippen LogP contribution in [-0.4, -0.2) is 33.5 Å². The molecule has 0 heterocycles. The number of hydrogen-bond acceptors (Lipinski definition) is 5. The molecule has 0 aromatic heterocycles. The van der Waals surface area contributed by atoms with Crippen LogP contribution in [0.2, 0.25) is 10.0 Å². The van der Waals surface area contributed by atoms with Gasteiger partial charge in [0.05, 0.1) is 27.7 Å². The lowest BCUT2D eigenvalue weighted by Gasteiger charge is -2.19. The molecule has 0 spiro atoms. The van der Waals surface area contributed by atoms with E-state index in [-0.39, 0.29) is 38.5 Å². The van der Waals surface area contributed by atoms with E-state index in [4.69, 9.17) is 33.7 Å². The van der Waals surface area contributed by atoms with Crippen LogP contribution in [-0.2, 0) is 21.2 Å². The Balaban J connectivity index is 1.84. The third-order valence-electron chi connectivity index (χ3n) is 4.83. The Labute approximate surface area is 212 Å². The molecule has 0 fully saturated rings. The molecule has 184 valence electrons. The highest BCUT2D eigenvalue weighted by Crippen LogP contribution is 2.31. The number of sulfonamides is 1. The van der Waals surface area contributed by atoms with E-state index < -0.39 is 28.0 Å². The van der Waals surface area contributed by atoms with Gasteiger partial charge in [0.2, 0.25) is 5.91 Å². The van der Waals surface area contributed by atoms with Crippen molar-refractivity contribution in [2.24, 2.45) is 5.73 Å². The first kappa shape index (κ1) is 26.1. The van der Waals surface area contributed by atoms with E-state index in [9.17, 15) is 18.0 Å². The minimum atomic E-state index is -4.06. The van der Waals surface area contributed by atoms with Crippen LogP contribution in [0.1, 0.15) is 5.56 Å². The van der Waals surface area contributed by atoms with Crippen LogP contribution < -0.4 is 25.8 Å². The topological polar surface area (TPSA) is 140 Å². The van der Waals surface area contributed by atoms with Crippen molar-refractivity contribution in [1.29, 1.82) is 0 Å². The highest BCUT2D eigenvalue weighted by Gasteiger charge is 2.22. The van der Waals surface area contributed by atoms with Gasteiger partial charge in [0.1, 0.15) is 11.8 Å². The van der Waals surface area contributed by atoms with Gasteiger partial charge in [-0.2, -0.15) is 0 Å². The van der Waals surface area contributed by atoms with Gasteiger partial charge in [-0.25, -0.2) is 13.2 Å². The van der Waals surface area contributed by atoms with E-state index >= 15 is 0 Å². The fraction of sp³-hybridized carbons (Fsp3) is 0.130. The maximum Gasteiger partial charge on any atom is 0.312 e. The van der Waals surface area contributed by atoms with Crippen LogP contribution in [0.15, 0.2) is 71.6 Å². The molecule has 0 aliphatic rings. The lowest BCUT2D eigenvalue weighted by Crippen LogP contribution is -2.47. The zero-order valence-electron chi connectivity index (χ0n) is 18.4. The van der Waals surface area contributed by atoms with Crippen LogP contribution in [0.3, 0.4) is 0 Å². The lowest BCUT2D eigenvalue weighted by molar-refractivity contribution is -0.117. The summed E-state index contributed by atoms with van der Waals surface area (Å²) in [6, 6.07) is 15.5. The summed E-state index contributed by atoms with van der Waals surface area (Å²) >= 11 is 11.8. The molecule has 12 heteroatoms. The molecule has 0 saturated carbocycles. The van der Waals surface area contributed by atoms with Gasteiger partial charge in [-0.15, -0.1) is 0 Å². The van der Waals surface area contributed by atoms with Gasteiger partial charge in [0, 0.05) is 12.1 Å². The Morgan fingerprint density at radius 3 is 2.34 bits per heavy atom. The average Bonchev–Trinajstić information content (AvgIpc) is 2.80. The van der Waals surface area contributed by atoms with Crippen molar-refractivity contribution in [3.63, 3.8) is 0 Å². The van der Waals surface area contributed by atoms with Gasteiger partial charge < -0.3 is 21.1 Å². The smallest absolute Gasteiger partial charge is 0.312 e. The van der Waals surface area contributed by atoms with Crippen LogP contribution in [0.4, 0.5) is 16.2 Å². The molecule has 3 rings (SSSR count). The number of carbonyl (C=O) groups is 2. The Kier molecular flexibility index (Phi) is 8.44. The zero-order chi connectivity index (χ0) is 25.6. The average molecular weight is 537 g/mol. The molecule has 0 unspecified atom stereocenters. The number of primary amides is 1. The zero-order valence-corrected chi connectivity index (χ0v) is 20.7. The maximum absolute atomic E-state index is 12.9. The lowest BCUT2D eigenvalue weighted by atomic mass is 10.1. The summed E-state index contributed by atoms with van der Waals surface area (Å²) in [5, 5.41) is 5.37. The largest absolute Gasteiger partial charge is 0.495 e. The molecular weight excluding hydrogens is 515 g/mol. The Hall–Kier alpha value is -3.47. The van der Waals surface area contributed by atoms with E-state index in [2.05, 4.69) is 15.4 Å². The molecule has 3 amide bonds. The van der Waals surface area contributed by atoms with Crippen molar-refractivity contribution in [1.82, 2.24) is 5.32 Å². The predicted octanol–water partition coefficient (Wildman–Crippen LogP) is 4.02. The number of rotatable bonds is 9. The second-order valence-corrected chi connectivity index (χ2v) is 9.83. The summed E-state index contributed by atoms with van der Waals surface area (Å²) in [5.41, 5.74) is 6.38. The van der Waals surface area contributed by atoms with Crippen molar-refractivity contribution >= 4 is 56.5 Å². The number of methoxy groups -OCH3 is 1. The van der Waals surface area contributed by atoms with Gasteiger partial charge >= 0.3 is 6.03 Å². The number of nitrogens with one attached hydrogen (secondary N) is 3. The normalized spacial score (nSPS) is 11.9. The first-order valence-corrected chi connectivity index (χ1v) is 12.4. The number of hydrogen-bond donors (Lipinski definition) is 4. The van der Waals surface area contributed by atoms with Crippen molar-refractivity contribution in [2.75, 3.05) is 17.1 Å². The first-order chi connectivity index (χ1) is 16.6. The van der Waals surface area contributed by atoms with Gasteiger partial charge in [0.15, 0.2) is 0 Å². The van der Waals surface area contributed by atoms with Crippen LogP contribution in [0, 0.1) is 0 Å². The van der Waals surface area contributed by atoms with E-state index in [1.54, 1.807) is 0 Å². The van der Waals surface area contributed by atoms with Crippen LogP contribution >= 0.6 is 23.2 Å². The summed E-state index contributed by atoms with van der Waals surface area (Å²) < 4.78 is 33.4. The predicted molar refractivity (Wildman–Crippen MR) is 136 cm³/mol. The summed E-state index contributed by atoms with van der Waals surface area (Å²) in [7, 11) is -2.69. The van der Waals surface area contributed by atoms with Gasteiger partial charge in [-0.1, -0.05) is 53.5 Å². The number of nitrogens with two attached hydrogens (primary N) is 1. The summed E-state index contributed by atoms with van der Waals surface area (Å²) in [6.07, 6.45) is 0.197. The van der Waals surface area contributed by atoms with Gasteiger partial charge in [0.25, 0.3) is 10.0 Å². The fourth-order valence-corrected chi connectivity index (χ4v) is 4.62. The fourth-order valence-electron chi connectivity index (χ4n) is 3.17. The van der Waals surface area contributed by atoms with Crippen molar-refractivity contribution in [3.8, 4) is 5.75 Å². The second kappa shape index (κ2) is 11.3. The highest BCUT2D eigenvalue weighted by molar-refractivity contribution is 7.92. The van der Waals surface area contributed by atoms with Crippen molar-refractivity contribution in [2.45, 2.75) is 17.4 Å². The molecule has 35 heavy (non-hydrogen) atoms. The van der Waals surface area contributed by atoms with E-state index in [0.717, 1.165) is 5.56 Å². The third-order valence-corrected chi connectivity index (χ3v) is 6.93. The summed E-state index contributed by atoms with van der Waals surface area (Å²) in [4.78, 5) is 24.3. The molecule has 3 aromatic carbocycles. The molecule has 0 bridgehead atoms. The van der Waals surface area contributed by atoms with E-state index in [0.29, 0.717) is 0 Å². The standard InChI is InChI=1S/C23H22Cl2N4O5S/c1-34-21-10-7-15(12-19(21)29-35(32,33)16-8-9-17(24)18(25)13-16)27-22(30)20(28-23(26)31)11-14-5-3-2-4-6-14/h2-10,12-13,20,29H,11H2,1H3,(H,27,30)(H3,26,28,31)/t20-/m1/s1. The minimum absolute atomic E-state index is 0.0684. The minimum Gasteiger partial charge on any atom is -0.495 e. The van der Waals surface area contributed by atoms with Crippen LogP contribution in [0.25, 0.3) is 0 Å². The SMILES string of the molecule is COc1ccc(NC(=O)[C@@H](Cc2ccccc2)NC(N)=O)cc1NS(=O)(=O)c1ccc(Cl)c(Cl)c1. The quantitative estimate of drug-likeness (QED) is 0.327. The first-order valence-electron chi connectivity index (χ1n) is 10.2. The molecule has 3 aromatic rings. The van der Waals surface area contributed by atoms with Crippen LogP contribution in [0.5, 0.6) is 5.75 Å². The van der Waals surface area contributed by atoms with Crippen molar-refractivity contribution < 1.29 is 22.7 Å². The highest BCUT2D eigenvalue weighted by atomic mass is 35.5. The molecule has 5 N–H and O–H groups in total. The Morgan fingerprint density at radius 2 is 1.71 bits per heavy atom. The molecule has 0 saturated heterocycles. The van der Waals surface area contributed by atoms with E-state index in [1.165, 1.54) is 43.5 Å². The molecule has 9 nitrogen and oxygen atoms in total. The van der Waals surface area contributed by atoms with Crippen molar-refractivity contribution in [3.05, 3.63) is 82.3 Å². The number of amides is 3. The Morgan fingerprint density at radius 1 is 1.00 bits per heavy atom. The third kappa shape index (κ3) is 7.01. The number of benzene rings is 3. The molecule has 1 atom stereocenters. The number of anilines is 2. The molecule has 0 aliphatic carbocycles. The number of carbonyl (C=O) groups excluding carboxylic acids is 2. The second-order valence-electron chi connectivity index (χ2n) is 7.34. The number of urea groups is 1. The van der Waals surface area contributed by atoms with Gasteiger partial charge in [-0.3, -0.25) is 9.52 Å². The summed E-state index contributed by atoms with van der Waals surface area (Å²) in [6.45, 7) is 0. The molecule has 0 aliphatic heterocycles. The summed E-state index contributed by atoms with van der Waals surface area (Å²) in [5.74, 6) is -0.334. The monoisotopic (exact) mass is 536 g/mol. The van der Waals surface area contributed by atoms with E-state index in [1.807, 2.05) is 30.3 Å². The number of halogens is 2. The van der Waals surface area contributed by atoms with Gasteiger partial charge in [-0.05, 0) is 42.0 Å². The Bertz CT molecular complexity index is 1340. The molecular formula is C23H22Cl2N4O5S. The molecule has 0 radical (unpaired) electrons.